The third-order valence-corrected chi connectivity index (χ3v) is 12.5. The van der Waals surface area contributed by atoms with Crippen molar-refractivity contribution >= 4 is 71.3 Å². The smallest absolute Gasteiger partial charge is 0.136 e. The minimum atomic E-state index is 0.899. The van der Waals surface area contributed by atoms with Gasteiger partial charge in [0, 0.05) is 27.8 Å². The molecular formula is C60H39NO. The lowest BCUT2D eigenvalue weighted by Crippen LogP contribution is -2.10. The van der Waals surface area contributed by atoms with Gasteiger partial charge in [0.25, 0.3) is 0 Å². The third-order valence-electron chi connectivity index (χ3n) is 12.5. The lowest BCUT2D eigenvalue weighted by Gasteiger charge is -2.26. The molecule has 0 aliphatic heterocycles. The molecule has 0 saturated heterocycles. The summed E-state index contributed by atoms with van der Waals surface area (Å²) in [5.74, 6) is 0. The summed E-state index contributed by atoms with van der Waals surface area (Å²) in [6, 6.07) is 85.5. The maximum absolute atomic E-state index is 6.26. The van der Waals surface area contributed by atoms with Crippen LogP contribution >= 0.6 is 0 Å². The van der Waals surface area contributed by atoms with Gasteiger partial charge in [-0.2, -0.15) is 0 Å². The highest BCUT2D eigenvalue weighted by Crippen LogP contribution is 2.41. The van der Waals surface area contributed by atoms with Crippen LogP contribution in [0.15, 0.2) is 241 Å². The van der Waals surface area contributed by atoms with Crippen LogP contribution in [0.1, 0.15) is 0 Å². The molecule has 2 nitrogen and oxygen atoms in total. The van der Waals surface area contributed by atoms with Crippen LogP contribution in [0.4, 0.5) is 17.1 Å². The molecule has 0 unspecified atom stereocenters. The van der Waals surface area contributed by atoms with Crippen LogP contribution in [0.2, 0.25) is 0 Å². The van der Waals surface area contributed by atoms with Gasteiger partial charge in [-0.25, -0.2) is 0 Å². The summed E-state index contributed by atoms with van der Waals surface area (Å²) >= 11 is 0. The van der Waals surface area contributed by atoms with Crippen molar-refractivity contribution in [3.05, 3.63) is 237 Å². The van der Waals surface area contributed by atoms with Crippen LogP contribution in [0.5, 0.6) is 0 Å². The van der Waals surface area contributed by atoms with Gasteiger partial charge < -0.3 is 9.32 Å². The molecule has 1 aromatic heterocycles. The van der Waals surface area contributed by atoms with Gasteiger partial charge in [0.05, 0.1) is 0 Å². The SMILES string of the molecule is c1cc(-c2ccc(-c3cccc4ccccc34)cc2)cc(N(c2ccc(-c3ccc4ccc5ccccc5c4c3)cc2)c2ccc(-c3cccc4oc5ccccc5c34)cc2)c1. The fourth-order valence-corrected chi connectivity index (χ4v) is 9.38. The zero-order valence-electron chi connectivity index (χ0n) is 33.9. The number of nitrogens with zero attached hydrogens (tertiary/aromatic N) is 1. The van der Waals surface area contributed by atoms with Crippen LogP contribution < -0.4 is 4.90 Å². The summed E-state index contributed by atoms with van der Waals surface area (Å²) < 4.78 is 6.26. The van der Waals surface area contributed by atoms with E-state index in [1.807, 2.05) is 12.1 Å². The molecule has 290 valence electrons. The number of hydrogen-bond donors (Lipinski definition) is 0. The van der Waals surface area contributed by atoms with E-state index < -0.39 is 0 Å². The normalized spacial score (nSPS) is 11.5. The Hall–Kier alpha value is -8.20. The van der Waals surface area contributed by atoms with E-state index in [0.717, 1.165) is 55.7 Å². The van der Waals surface area contributed by atoms with Crippen LogP contribution in [-0.4, -0.2) is 0 Å². The lowest BCUT2D eigenvalue weighted by molar-refractivity contribution is 0.669. The Balaban J connectivity index is 0.938. The quantitative estimate of drug-likeness (QED) is 0.150. The van der Waals surface area contributed by atoms with Gasteiger partial charge in [0.15, 0.2) is 0 Å². The first-order valence-electron chi connectivity index (χ1n) is 21.2. The first-order valence-corrected chi connectivity index (χ1v) is 21.2. The molecule has 0 atom stereocenters. The Morgan fingerprint density at radius 2 is 0.742 bits per heavy atom. The summed E-state index contributed by atoms with van der Waals surface area (Å²) in [6.45, 7) is 0. The molecule has 0 aliphatic rings. The Morgan fingerprint density at radius 1 is 0.258 bits per heavy atom. The minimum absolute atomic E-state index is 0.899. The topological polar surface area (TPSA) is 16.4 Å². The lowest BCUT2D eigenvalue weighted by atomic mass is 9.96. The molecular weight excluding hydrogens is 751 g/mol. The van der Waals surface area contributed by atoms with Crippen LogP contribution in [0.3, 0.4) is 0 Å². The van der Waals surface area contributed by atoms with Crippen molar-refractivity contribution in [2.45, 2.75) is 0 Å². The van der Waals surface area contributed by atoms with Crippen LogP contribution in [0, 0.1) is 0 Å². The van der Waals surface area contributed by atoms with Crippen molar-refractivity contribution in [1.82, 2.24) is 0 Å². The predicted molar refractivity (Wildman–Crippen MR) is 263 cm³/mol. The summed E-state index contributed by atoms with van der Waals surface area (Å²) in [6.07, 6.45) is 0. The molecule has 0 radical (unpaired) electrons. The summed E-state index contributed by atoms with van der Waals surface area (Å²) in [5, 5.41) is 9.84. The first-order chi connectivity index (χ1) is 30.7. The number of hydrogen-bond acceptors (Lipinski definition) is 2. The maximum Gasteiger partial charge on any atom is 0.136 e. The third kappa shape index (κ3) is 6.20. The van der Waals surface area contributed by atoms with E-state index in [1.54, 1.807) is 0 Å². The number of para-hydroxylation sites is 1. The largest absolute Gasteiger partial charge is 0.456 e. The van der Waals surface area contributed by atoms with Crippen molar-refractivity contribution in [3.8, 4) is 44.5 Å². The molecule has 12 aromatic rings. The summed E-state index contributed by atoms with van der Waals surface area (Å²) in [7, 11) is 0. The van der Waals surface area contributed by atoms with Crippen molar-refractivity contribution < 1.29 is 4.42 Å². The van der Waals surface area contributed by atoms with Gasteiger partial charge >= 0.3 is 0 Å². The van der Waals surface area contributed by atoms with Gasteiger partial charge in [-0.05, 0) is 131 Å². The molecule has 0 fully saturated rings. The molecule has 11 aromatic carbocycles. The molecule has 0 bridgehead atoms. The second-order valence-electron chi connectivity index (χ2n) is 16.1. The fraction of sp³-hybridized carbons (Fsp3) is 0. The highest BCUT2D eigenvalue weighted by atomic mass is 16.3. The zero-order valence-corrected chi connectivity index (χ0v) is 33.9. The number of rotatable bonds is 7. The maximum atomic E-state index is 6.26. The van der Waals surface area contributed by atoms with E-state index in [4.69, 9.17) is 4.42 Å². The number of anilines is 3. The van der Waals surface area contributed by atoms with Crippen molar-refractivity contribution in [2.24, 2.45) is 0 Å². The van der Waals surface area contributed by atoms with Crippen molar-refractivity contribution in [1.29, 1.82) is 0 Å². The number of benzene rings is 11. The molecule has 0 saturated carbocycles. The summed E-state index contributed by atoms with van der Waals surface area (Å²) in [5.41, 5.74) is 14.5. The van der Waals surface area contributed by atoms with Gasteiger partial charge in [-0.15, -0.1) is 0 Å². The average Bonchev–Trinajstić information content (AvgIpc) is 3.74. The Morgan fingerprint density at radius 3 is 1.52 bits per heavy atom. The molecule has 0 N–H and O–H groups in total. The average molecular weight is 790 g/mol. The Bertz CT molecular complexity index is 3610. The molecule has 62 heavy (non-hydrogen) atoms. The molecule has 0 amide bonds. The molecule has 0 spiro atoms. The fourth-order valence-electron chi connectivity index (χ4n) is 9.38. The predicted octanol–water partition coefficient (Wildman–Crippen LogP) is 17.2. The second kappa shape index (κ2) is 14.8. The van der Waals surface area contributed by atoms with E-state index in [0.29, 0.717) is 0 Å². The number of furan rings is 1. The Labute approximate surface area is 360 Å². The van der Waals surface area contributed by atoms with Gasteiger partial charge in [-0.1, -0.05) is 182 Å². The molecule has 0 aliphatic carbocycles. The van der Waals surface area contributed by atoms with Gasteiger partial charge in [0.2, 0.25) is 0 Å². The summed E-state index contributed by atoms with van der Waals surface area (Å²) in [4.78, 5) is 2.36. The minimum Gasteiger partial charge on any atom is -0.456 e. The standard InChI is InChI=1S/C60H39NO/c1-3-15-52-42(10-1)12-8-18-53(52)44-24-22-40(23-25-44)47-13-7-14-51(38-47)61(50-36-32-45(33-37-50)55-19-9-21-59-60(55)56-17-5-6-20-58(56)62-59)49-34-30-41(31-35-49)48-29-28-46-27-26-43-11-2-4-16-54(43)57(46)39-48/h1-39H. The van der Waals surface area contributed by atoms with Crippen LogP contribution in [-0.2, 0) is 0 Å². The molecule has 1 heterocycles. The molecule has 12 rings (SSSR count). The second-order valence-corrected chi connectivity index (χ2v) is 16.1. The van der Waals surface area contributed by atoms with Crippen LogP contribution in [0.25, 0.3) is 98.8 Å². The van der Waals surface area contributed by atoms with Crippen molar-refractivity contribution in [3.63, 3.8) is 0 Å². The van der Waals surface area contributed by atoms with Gasteiger partial charge in [-0.3, -0.25) is 0 Å². The van der Waals surface area contributed by atoms with Gasteiger partial charge in [0.1, 0.15) is 11.2 Å². The zero-order chi connectivity index (χ0) is 41.0. The molecule has 2 heteroatoms. The van der Waals surface area contributed by atoms with E-state index in [1.165, 1.54) is 60.1 Å². The first kappa shape index (κ1) is 35.7. The number of fused-ring (bicyclic) bond motifs is 7. The highest BCUT2D eigenvalue weighted by molar-refractivity contribution is 6.12. The van der Waals surface area contributed by atoms with E-state index in [9.17, 15) is 0 Å². The van der Waals surface area contributed by atoms with Crippen molar-refractivity contribution in [2.75, 3.05) is 4.90 Å². The Kier molecular flexibility index (Phi) is 8.53. The highest BCUT2D eigenvalue weighted by Gasteiger charge is 2.17. The van der Waals surface area contributed by atoms with E-state index in [2.05, 4.69) is 229 Å². The monoisotopic (exact) mass is 789 g/mol. The van der Waals surface area contributed by atoms with E-state index >= 15 is 0 Å². The van der Waals surface area contributed by atoms with E-state index in [-0.39, 0.29) is 0 Å².